The third-order valence-electron chi connectivity index (χ3n) is 5.84. The van der Waals surface area contributed by atoms with Crippen molar-refractivity contribution in [2.24, 2.45) is 5.92 Å². The van der Waals surface area contributed by atoms with Crippen LogP contribution in [0.5, 0.6) is 0 Å². The van der Waals surface area contributed by atoms with Gasteiger partial charge in [0.1, 0.15) is 5.82 Å². The number of aromatic nitrogens is 1. The van der Waals surface area contributed by atoms with Gasteiger partial charge in [0.25, 0.3) is 0 Å². The summed E-state index contributed by atoms with van der Waals surface area (Å²) in [5.74, 6) is -0.137. The second-order valence-electron chi connectivity index (χ2n) is 7.67. The molecule has 0 radical (unpaired) electrons. The van der Waals surface area contributed by atoms with E-state index in [1.807, 2.05) is 24.3 Å². The molecular formula is C22H26N4O3. The zero-order chi connectivity index (χ0) is 20.2. The van der Waals surface area contributed by atoms with Gasteiger partial charge in [0, 0.05) is 44.0 Å². The molecule has 1 aliphatic carbocycles. The quantitative estimate of drug-likeness (QED) is 0.810. The van der Waals surface area contributed by atoms with Crippen molar-refractivity contribution in [3.05, 3.63) is 48.2 Å². The first kappa shape index (κ1) is 19.2. The van der Waals surface area contributed by atoms with Crippen molar-refractivity contribution in [1.29, 1.82) is 0 Å². The molecule has 4 rings (SSSR count). The molecule has 2 fully saturated rings. The molecule has 2 aliphatic rings. The lowest BCUT2D eigenvalue weighted by Crippen LogP contribution is -2.46. The van der Waals surface area contributed by atoms with Gasteiger partial charge in [-0.2, -0.15) is 0 Å². The van der Waals surface area contributed by atoms with Crippen molar-refractivity contribution in [3.63, 3.8) is 0 Å². The highest BCUT2D eigenvalue weighted by Crippen LogP contribution is 2.29. The number of nitrogens with zero attached hydrogens (tertiary/aromatic N) is 3. The second-order valence-corrected chi connectivity index (χ2v) is 7.67. The van der Waals surface area contributed by atoms with E-state index in [9.17, 15) is 14.7 Å². The minimum atomic E-state index is -1.03. The van der Waals surface area contributed by atoms with E-state index >= 15 is 0 Å². The Bertz CT molecular complexity index is 873. The number of aromatic carboxylic acids is 1. The summed E-state index contributed by atoms with van der Waals surface area (Å²) < 4.78 is 0. The van der Waals surface area contributed by atoms with Gasteiger partial charge in [0.05, 0.1) is 11.3 Å². The maximum absolute atomic E-state index is 12.4. The SMILES string of the molecule is O=C(O)c1cc(N2CCN(c3ccccn3)CC2)ccc1NC(=O)C1CCCC1. The van der Waals surface area contributed by atoms with Crippen LogP contribution < -0.4 is 15.1 Å². The molecule has 2 N–H and O–H groups in total. The fourth-order valence-electron chi connectivity index (χ4n) is 4.17. The Labute approximate surface area is 170 Å². The van der Waals surface area contributed by atoms with Crippen LogP contribution in [-0.2, 0) is 4.79 Å². The molecule has 29 heavy (non-hydrogen) atoms. The van der Waals surface area contributed by atoms with Gasteiger partial charge in [-0.25, -0.2) is 9.78 Å². The van der Waals surface area contributed by atoms with E-state index in [2.05, 4.69) is 20.1 Å². The molecule has 1 aromatic carbocycles. The lowest BCUT2D eigenvalue weighted by atomic mass is 10.1. The molecule has 1 amide bonds. The highest BCUT2D eigenvalue weighted by Gasteiger charge is 2.25. The average Bonchev–Trinajstić information content (AvgIpc) is 3.30. The van der Waals surface area contributed by atoms with Crippen molar-refractivity contribution in [1.82, 2.24) is 4.98 Å². The first-order chi connectivity index (χ1) is 14.1. The van der Waals surface area contributed by atoms with E-state index in [0.29, 0.717) is 5.69 Å². The largest absolute Gasteiger partial charge is 0.478 e. The van der Waals surface area contributed by atoms with E-state index < -0.39 is 5.97 Å². The standard InChI is InChI=1S/C22H26N4O3/c27-21(16-5-1-2-6-16)24-19-9-8-17(15-18(19)22(28)29)25-11-13-26(14-12-25)20-7-3-4-10-23-20/h3-4,7-10,15-16H,1-2,5-6,11-14H2,(H,24,27)(H,28,29). The number of anilines is 3. The first-order valence-electron chi connectivity index (χ1n) is 10.2. The smallest absolute Gasteiger partial charge is 0.337 e. The number of hydrogen-bond acceptors (Lipinski definition) is 5. The van der Waals surface area contributed by atoms with Crippen molar-refractivity contribution in [2.75, 3.05) is 41.3 Å². The molecule has 7 heteroatoms. The summed E-state index contributed by atoms with van der Waals surface area (Å²) in [4.78, 5) is 33.0. The van der Waals surface area contributed by atoms with Gasteiger partial charge in [-0.05, 0) is 43.2 Å². The van der Waals surface area contributed by atoms with Crippen LogP contribution in [0.1, 0.15) is 36.0 Å². The molecule has 0 spiro atoms. The topological polar surface area (TPSA) is 85.8 Å². The van der Waals surface area contributed by atoms with E-state index in [0.717, 1.165) is 63.4 Å². The highest BCUT2D eigenvalue weighted by molar-refractivity contribution is 6.02. The minimum absolute atomic E-state index is 0.00371. The lowest BCUT2D eigenvalue weighted by Gasteiger charge is -2.37. The van der Waals surface area contributed by atoms with Gasteiger partial charge in [0.2, 0.25) is 5.91 Å². The molecule has 2 heterocycles. The molecule has 0 bridgehead atoms. The van der Waals surface area contributed by atoms with Crippen molar-refractivity contribution >= 4 is 29.1 Å². The predicted molar refractivity (Wildman–Crippen MR) is 113 cm³/mol. The Morgan fingerprint density at radius 3 is 2.38 bits per heavy atom. The highest BCUT2D eigenvalue weighted by atomic mass is 16.4. The van der Waals surface area contributed by atoms with Crippen LogP contribution in [0.25, 0.3) is 0 Å². The van der Waals surface area contributed by atoms with Crippen LogP contribution in [0.2, 0.25) is 0 Å². The Kier molecular flexibility index (Phi) is 5.64. The van der Waals surface area contributed by atoms with Crippen LogP contribution in [0.3, 0.4) is 0 Å². The van der Waals surface area contributed by atoms with E-state index in [1.165, 1.54) is 0 Å². The summed E-state index contributed by atoms with van der Waals surface area (Å²) in [6.07, 6.45) is 5.68. The number of hydrogen-bond donors (Lipinski definition) is 2. The van der Waals surface area contributed by atoms with Gasteiger partial charge >= 0.3 is 5.97 Å². The average molecular weight is 394 g/mol. The number of carbonyl (C=O) groups excluding carboxylic acids is 1. The number of nitrogens with one attached hydrogen (secondary N) is 1. The van der Waals surface area contributed by atoms with Crippen LogP contribution in [-0.4, -0.2) is 48.1 Å². The summed E-state index contributed by atoms with van der Waals surface area (Å²) in [5, 5.41) is 12.5. The zero-order valence-electron chi connectivity index (χ0n) is 16.4. The van der Waals surface area contributed by atoms with Gasteiger partial charge in [-0.1, -0.05) is 18.9 Å². The maximum atomic E-state index is 12.4. The molecule has 0 unspecified atom stereocenters. The predicted octanol–water partition coefficient (Wildman–Crippen LogP) is 3.24. The maximum Gasteiger partial charge on any atom is 0.337 e. The van der Waals surface area contributed by atoms with Gasteiger partial charge in [0.15, 0.2) is 0 Å². The monoisotopic (exact) mass is 394 g/mol. The number of benzene rings is 1. The summed E-state index contributed by atoms with van der Waals surface area (Å²) in [5.41, 5.74) is 1.38. The number of pyridine rings is 1. The van der Waals surface area contributed by atoms with Gasteiger partial charge < -0.3 is 20.2 Å². The van der Waals surface area contributed by atoms with Gasteiger partial charge in [-0.3, -0.25) is 4.79 Å². The number of rotatable bonds is 5. The minimum Gasteiger partial charge on any atom is -0.478 e. The lowest BCUT2D eigenvalue weighted by molar-refractivity contribution is -0.119. The fraction of sp³-hybridized carbons (Fsp3) is 0.409. The molecule has 7 nitrogen and oxygen atoms in total. The number of carbonyl (C=O) groups is 2. The molecule has 1 saturated carbocycles. The summed E-state index contributed by atoms with van der Waals surface area (Å²) in [7, 11) is 0. The first-order valence-corrected chi connectivity index (χ1v) is 10.2. The molecule has 152 valence electrons. The van der Waals surface area contributed by atoms with Crippen LogP contribution in [0.4, 0.5) is 17.2 Å². The summed E-state index contributed by atoms with van der Waals surface area (Å²) in [6, 6.07) is 11.2. The van der Waals surface area contributed by atoms with Crippen molar-refractivity contribution in [2.45, 2.75) is 25.7 Å². The Hall–Kier alpha value is -3.09. The summed E-state index contributed by atoms with van der Waals surface area (Å²) in [6.45, 7) is 3.20. The van der Waals surface area contributed by atoms with Crippen LogP contribution in [0.15, 0.2) is 42.6 Å². The van der Waals surface area contributed by atoms with Crippen molar-refractivity contribution in [3.8, 4) is 0 Å². The van der Waals surface area contributed by atoms with Crippen LogP contribution >= 0.6 is 0 Å². The van der Waals surface area contributed by atoms with E-state index in [1.54, 1.807) is 18.3 Å². The zero-order valence-corrected chi connectivity index (χ0v) is 16.4. The van der Waals surface area contributed by atoms with Gasteiger partial charge in [-0.15, -0.1) is 0 Å². The van der Waals surface area contributed by atoms with E-state index in [-0.39, 0.29) is 17.4 Å². The molecule has 1 aliphatic heterocycles. The number of carboxylic acid groups (broad SMARTS) is 1. The molecular weight excluding hydrogens is 368 g/mol. The van der Waals surface area contributed by atoms with Crippen LogP contribution in [0, 0.1) is 5.92 Å². The molecule has 0 atom stereocenters. The number of piperazine rings is 1. The second kappa shape index (κ2) is 8.51. The third kappa shape index (κ3) is 4.34. The normalized spacial score (nSPS) is 17.4. The Morgan fingerprint density at radius 1 is 1.00 bits per heavy atom. The van der Waals surface area contributed by atoms with Crippen molar-refractivity contribution < 1.29 is 14.7 Å². The Balaban J connectivity index is 1.45. The molecule has 2 aromatic rings. The third-order valence-corrected chi connectivity index (χ3v) is 5.84. The fourth-order valence-corrected chi connectivity index (χ4v) is 4.17. The summed E-state index contributed by atoms with van der Waals surface area (Å²) >= 11 is 0. The number of carboxylic acids is 1. The molecule has 1 aromatic heterocycles. The Morgan fingerprint density at radius 2 is 1.72 bits per heavy atom. The van der Waals surface area contributed by atoms with E-state index in [4.69, 9.17) is 0 Å². The molecule has 1 saturated heterocycles. The number of amides is 1.